The summed E-state index contributed by atoms with van der Waals surface area (Å²) in [5.41, 5.74) is 1.35. The molecule has 0 spiro atoms. The van der Waals surface area contributed by atoms with E-state index < -0.39 is 0 Å². The highest BCUT2D eigenvalue weighted by molar-refractivity contribution is 6.29. The summed E-state index contributed by atoms with van der Waals surface area (Å²) in [5, 5.41) is 0.378. The molecule has 0 saturated carbocycles. The standard InChI is InChI=1S/C15H23ClN2O/c1-6-8-18(7-2)14(19)11-9-12(15(3,4)5)17-13(16)10-11/h9-10H,6-8H2,1-5H3. The van der Waals surface area contributed by atoms with Crippen molar-refractivity contribution in [2.45, 2.75) is 46.5 Å². The van der Waals surface area contributed by atoms with Gasteiger partial charge in [0.15, 0.2) is 0 Å². The Kier molecular flexibility index (Phi) is 5.36. The first-order valence-electron chi connectivity index (χ1n) is 6.77. The SMILES string of the molecule is CCCN(CC)C(=O)c1cc(Cl)nc(C(C)(C)C)c1. The molecule has 0 N–H and O–H groups in total. The number of hydrogen-bond acceptors (Lipinski definition) is 2. The maximum absolute atomic E-state index is 12.4. The first-order chi connectivity index (χ1) is 8.79. The highest BCUT2D eigenvalue weighted by Crippen LogP contribution is 2.24. The highest BCUT2D eigenvalue weighted by atomic mass is 35.5. The lowest BCUT2D eigenvalue weighted by molar-refractivity contribution is 0.0764. The van der Waals surface area contributed by atoms with Crippen LogP contribution in [0.3, 0.4) is 0 Å². The molecule has 0 fully saturated rings. The van der Waals surface area contributed by atoms with E-state index in [-0.39, 0.29) is 11.3 Å². The van der Waals surface area contributed by atoms with Gasteiger partial charge >= 0.3 is 0 Å². The van der Waals surface area contributed by atoms with Gasteiger partial charge in [-0.25, -0.2) is 4.98 Å². The number of nitrogens with zero attached hydrogens (tertiary/aromatic N) is 2. The molecular formula is C15H23ClN2O. The molecule has 0 saturated heterocycles. The number of carbonyl (C=O) groups excluding carboxylic acids is 1. The maximum Gasteiger partial charge on any atom is 0.254 e. The zero-order valence-corrected chi connectivity index (χ0v) is 13.2. The van der Waals surface area contributed by atoms with E-state index in [1.54, 1.807) is 6.07 Å². The summed E-state index contributed by atoms with van der Waals surface area (Å²) < 4.78 is 0. The molecule has 1 amide bonds. The van der Waals surface area contributed by atoms with Crippen LogP contribution in [0.2, 0.25) is 5.15 Å². The van der Waals surface area contributed by atoms with Crippen LogP contribution in [0.25, 0.3) is 0 Å². The van der Waals surface area contributed by atoms with Crippen molar-refractivity contribution in [3.05, 3.63) is 28.5 Å². The van der Waals surface area contributed by atoms with Crippen molar-refractivity contribution in [2.24, 2.45) is 0 Å². The zero-order valence-electron chi connectivity index (χ0n) is 12.5. The Hall–Kier alpha value is -1.09. The molecule has 1 aromatic rings. The van der Waals surface area contributed by atoms with Crippen LogP contribution in [-0.4, -0.2) is 28.9 Å². The van der Waals surface area contributed by atoms with E-state index in [1.165, 1.54) is 0 Å². The number of halogens is 1. The Balaban J connectivity index is 3.13. The van der Waals surface area contributed by atoms with Crippen molar-refractivity contribution in [3.8, 4) is 0 Å². The highest BCUT2D eigenvalue weighted by Gasteiger charge is 2.20. The third-order valence-electron chi connectivity index (χ3n) is 2.97. The maximum atomic E-state index is 12.4. The summed E-state index contributed by atoms with van der Waals surface area (Å²) in [5.74, 6) is 0.0270. The van der Waals surface area contributed by atoms with Crippen LogP contribution >= 0.6 is 11.6 Å². The third-order valence-corrected chi connectivity index (χ3v) is 3.17. The van der Waals surface area contributed by atoms with E-state index in [1.807, 2.05) is 17.9 Å². The van der Waals surface area contributed by atoms with E-state index in [2.05, 4.69) is 32.7 Å². The minimum absolute atomic E-state index is 0.0270. The summed E-state index contributed by atoms with van der Waals surface area (Å²) >= 11 is 6.04. The Morgan fingerprint density at radius 2 is 1.95 bits per heavy atom. The molecule has 0 radical (unpaired) electrons. The number of pyridine rings is 1. The van der Waals surface area contributed by atoms with Crippen LogP contribution in [0.5, 0.6) is 0 Å². The van der Waals surface area contributed by atoms with Crippen LogP contribution < -0.4 is 0 Å². The minimum Gasteiger partial charge on any atom is -0.339 e. The summed E-state index contributed by atoms with van der Waals surface area (Å²) in [6.45, 7) is 11.7. The number of amides is 1. The quantitative estimate of drug-likeness (QED) is 0.785. The summed E-state index contributed by atoms with van der Waals surface area (Å²) in [6, 6.07) is 3.50. The molecule has 0 aliphatic rings. The van der Waals surface area contributed by atoms with Crippen molar-refractivity contribution in [2.75, 3.05) is 13.1 Å². The Morgan fingerprint density at radius 1 is 1.32 bits per heavy atom. The van der Waals surface area contributed by atoms with Gasteiger partial charge in [0, 0.05) is 29.8 Å². The first kappa shape index (κ1) is 16.0. The van der Waals surface area contributed by atoms with E-state index in [4.69, 9.17) is 11.6 Å². The van der Waals surface area contributed by atoms with Crippen molar-refractivity contribution < 1.29 is 4.79 Å². The molecule has 1 aromatic heterocycles. The van der Waals surface area contributed by atoms with E-state index in [0.29, 0.717) is 17.3 Å². The topological polar surface area (TPSA) is 33.2 Å². The van der Waals surface area contributed by atoms with Gasteiger partial charge in [-0.2, -0.15) is 0 Å². The van der Waals surface area contributed by atoms with Crippen LogP contribution in [0.1, 0.15) is 57.1 Å². The Morgan fingerprint density at radius 3 is 2.42 bits per heavy atom. The van der Waals surface area contributed by atoms with E-state index in [9.17, 15) is 4.79 Å². The van der Waals surface area contributed by atoms with Gasteiger partial charge in [0.05, 0.1) is 0 Å². The number of aromatic nitrogens is 1. The van der Waals surface area contributed by atoms with Crippen LogP contribution in [0, 0.1) is 0 Å². The molecule has 0 aliphatic heterocycles. The normalized spacial score (nSPS) is 11.5. The summed E-state index contributed by atoms with van der Waals surface area (Å²) in [4.78, 5) is 18.6. The Bertz CT molecular complexity index is 452. The molecule has 0 aromatic carbocycles. The molecule has 1 heterocycles. The number of rotatable bonds is 4. The molecule has 1 rings (SSSR count). The molecule has 0 unspecified atom stereocenters. The largest absolute Gasteiger partial charge is 0.339 e. The second-order valence-corrected chi connectivity index (χ2v) is 6.09. The fourth-order valence-electron chi connectivity index (χ4n) is 1.86. The predicted molar refractivity (Wildman–Crippen MR) is 79.8 cm³/mol. The first-order valence-corrected chi connectivity index (χ1v) is 7.14. The van der Waals surface area contributed by atoms with Crippen LogP contribution in [-0.2, 0) is 5.41 Å². The molecule has 0 bridgehead atoms. The average molecular weight is 283 g/mol. The molecule has 0 atom stereocenters. The summed E-state index contributed by atoms with van der Waals surface area (Å²) in [6.07, 6.45) is 0.949. The predicted octanol–water partition coefficient (Wildman–Crippen LogP) is 3.90. The van der Waals surface area contributed by atoms with Crippen LogP contribution in [0.4, 0.5) is 0 Å². The van der Waals surface area contributed by atoms with Crippen molar-refractivity contribution in [1.29, 1.82) is 0 Å². The van der Waals surface area contributed by atoms with E-state index >= 15 is 0 Å². The van der Waals surface area contributed by atoms with Gasteiger partial charge in [0.2, 0.25) is 0 Å². The third kappa shape index (κ3) is 4.20. The zero-order chi connectivity index (χ0) is 14.6. The lowest BCUT2D eigenvalue weighted by atomic mass is 9.91. The van der Waals surface area contributed by atoms with Gasteiger partial charge in [0.1, 0.15) is 5.15 Å². The van der Waals surface area contributed by atoms with Crippen LogP contribution in [0.15, 0.2) is 12.1 Å². The second-order valence-electron chi connectivity index (χ2n) is 5.70. The fourth-order valence-corrected chi connectivity index (χ4v) is 2.07. The Labute approximate surface area is 121 Å². The lowest BCUT2D eigenvalue weighted by Crippen LogP contribution is -2.32. The van der Waals surface area contributed by atoms with E-state index in [0.717, 1.165) is 18.7 Å². The van der Waals surface area contributed by atoms with Gasteiger partial charge in [-0.05, 0) is 25.5 Å². The molecule has 106 valence electrons. The second kappa shape index (κ2) is 6.38. The lowest BCUT2D eigenvalue weighted by Gasteiger charge is -2.22. The molecule has 19 heavy (non-hydrogen) atoms. The molecule has 4 heteroatoms. The van der Waals surface area contributed by atoms with Crippen molar-refractivity contribution >= 4 is 17.5 Å². The summed E-state index contributed by atoms with van der Waals surface area (Å²) in [7, 11) is 0. The smallest absolute Gasteiger partial charge is 0.254 e. The average Bonchev–Trinajstić information content (AvgIpc) is 2.33. The minimum atomic E-state index is -0.123. The van der Waals surface area contributed by atoms with Gasteiger partial charge in [-0.3, -0.25) is 4.79 Å². The van der Waals surface area contributed by atoms with Gasteiger partial charge in [0.25, 0.3) is 5.91 Å². The van der Waals surface area contributed by atoms with Crippen molar-refractivity contribution in [3.63, 3.8) is 0 Å². The molecule has 3 nitrogen and oxygen atoms in total. The molecule has 0 aliphatic carbocycles. The van der Waals surface area contributed by atoms with Gasteiger partial charge in [-0.15, -0.1) is 0 Å². The van der Waals surface area contributed by atoms with Crippen molar-refractivity contribution in [1.82, 2.24) is 9.88 Å². The molecular weight excluding hydrogens is 260 g/mol. The number of hydrogen-bond donors (Lipinski definition) is 0. The fraction of sp³-hybridized carbons (Fsp3) is 0.600. The monoisotopic (exact) mass is 282 g/mol. The van der Waals surface area contributed by atoms with Gasteiger partial charge in [-0.1, -0.05) is 39.3 Å². The van der Waals surface area contributed by atoms with Gasteiger partial charge < -0.3 is 4.90 Å². The number of carbonyl (C=O) groups is 1.